The molecule has 2 atom stereocenters. The van der Waals surface area contributed by atoms with Gasteiger partial charge in [-0.2, -0.15) is 0 Å². The maximum absolute atomic E-state index is 10.4. The van der Waals surface area contributed by atoms with E-state index in [0.717, 1.165) is 0 Å². The van der Waals surface area contributed by atoms with Gasteiger partial charge in [-0.05, 0) is 7.05 Å². The van der Waals surface area contributed by atoms with Crippen LogP contribution in [0.2, 0.25) is 0 Å². The molecule has 58 valence electrons. The lowest BCUT2D eigenvalue weighted by Crippen LogP contribution is -2.24. The maximum atomic E-state index is 10.4. The number of carbonyl (C=O) groups is 1. The molecule has 10 heavy (non-hydrogen) atoms. The number of aliphatic hydroxyl groups is 1. The van der Waals surface area contributed by atoms with Gasteiger partial charge in [-0.15, -0.1) is 0 Å². The lowest BCUT2D eigenvalue weighted by Gasteiger charge is -2.10. The Balaban J connectivity index is 2.49. The summed E-state index contributed by atoms with van der Waals surface area (Å²) in [5.41, 5.74) is 0. The Morgan fingerprint density at radius 3 is 2.50 bits per heavy atom. The average Bonchev–Trinajstić information content (AvgIpc) is 2.13. The summed E-state index contributed by atoms with van der Waals surface area (Å²) in [5, 5.41) is 17.6. The summed E-state index contributed by atoms with van der Waals surface area (Å²) < 4.78 is 0. The largest absolute Gasteiger partial charge is 0.481 e. The van der Waals surface area contributed by atoms with Crippen LogP contribution < -0.4 is 0 Å². The predicted octanol–water partition coefficient (Wildman–Crippen LogP) is -0.659. The Kier molecular flexibility index (Phi) is 1.92. The molecular weight excluding hydrogens is 134 g/mol. The van der Waals surface area contributed by atoms with Gasteiger partial charge in [0.2, 0.25) is 0 Å². The molecular formula is C6H11NO3. The Morgan fingerprint density at radius 2 is 2.30 bits per heavy atom. The van der Waals surface area contributed by atoms with Crippen LogP contribution in [0.15, 0.2) is 0 Å². The number of rotatable bonds is 1. The summed E-state index contributed by atoms with van der Waals surface area (Å²) in [6.45, 7) is 0.455. The van der Waals surface area contributed by atoms with Gasteiger partial charge in [0.25, 0.3) is 0 Å². The van der Waals surface area contributed by atoms with Crippen molar-refractivity contribution in [1.82, 2.24) is 4.90 Å². The highest BCUT2D eigenvalue weighted by Gasteiger charge is 2.32. The normalized spacial score (nSPS) is 34.6. The molecule has 0 saturated carbocycles. The standard InChI is InChI=1S/C6H11NO3/c1-7-3-4(6(9)10)2-5(7)8/h4-5,8H,2-3H2,1H3,(H,9,10). The molecule has 4 heteroatoms. The second-order valence-corrected chi connectivity index (χ2v) is 2.69. The van der Waals surface area contributed by atoms with Crippen LogP contribution >= 0.6 is 0 Å². The van der Waals surface area contributed by atoms with Crippen LogP contribution in [-0.4, -0.2) is 40.9 Å². The van der Waals surface area contributed by atoms with Crippen molar-refractivity contribution in [2.75, 3.05) is 13.6 Å². The van der Waals surface area contributed by atoms with Crippen LogP contribution in [-0.2, 0) is 4.79 Å². The number of carboxylic acid groups (broad SMARTS) is 1. The van der Waals surface area contributed by atoms with Crippen molar-refractivity contribution < 1.29 is 15.0 Å². The van der Waals surface area contributed by atoms with Gasteiger partial charge in [0.1, 0.15) is 6.23 Å². The molecule has 1 saturated heterocycles. The first-order chi connectivity index (χ1) is 4.61. The summed E-state index contributed by atoms with van der Waals surface area (Å²) in [5.74, 6) is -1.21. The van der Waals surface area contributed by atoms with Crippen molar-refractivity contribution in [3.05, 3.63) is 0 Å². The lowest BCUT2D eigenvalue weighted by molar-refractivity contribution is -0.141. The van der Waals surface area contributed by atoms with E-state index in [1.165, 1.54) is 0 Å². The van der Waals surface area contributed by atoms with E-state index in [1.807, 2.05) is 0 Å². The van der Waals surface area contributed by atoms with Crippen LogP contribution in [0.4, 0.5) is 0 Å². The highest BCUT2D eigenvalue weighted by molar-refractivity contribution is 5.70. The molecule has 0 spiro atoms. The molecule has 1 aliphatic heterocycles. The Labute approximate surface area is 59.1 Å². The van der Waals surface area contributed by atoms with E-state index in [2.05, 4.69) is 0 Å². The fourth-order valence-corrected chi connectivity index (χ4v) is 1.16. The molecule has 2 unspecified atom stereocenters. The summed E-state index contributed by atoms with van der Waals surface area (Å²) in [6, 6.07) is 0. The fraction of sp³-hybridized carbons (Fsp3) is 0.833. The minimum Gasteiger partial charge on any atom is -0.481 e. The van der Waals surface area contributed by atoms with Gasteiger partial charge in [-0.1, -0.05) is 0 Å². The van der Waals surface area contributed by atoms with Crippen molar-refractivity contribution in [3.8, 4) is 0 Å². The molecule has 1 aliphatic rings. The van der Waals surface area contributed by atoms with Gasteiger partial charge >= 0.3 is 5.97 Å². The zero-order valence-corrected chi connectivity index (χ0v) is 5.82. The molecule has 0 aromatic heterocycles. The van der Waals surface area contributed by atoms with Crippen LogP contribution in [0.1, 0.15) is 6.42 Å². The van der Waals surface area contributed by atoms with E-state index in [4.69, 9.17) is 10.2 Å². The number of likely N-dealkylation sites (tertiary alicyclic amines) is 1. The second-order valence-electron chi connectivity index (χ2n) is 2.69. The molecule has 1 heterocycles. The minimum absolute atomic E-state index is 0.353. The molecule has 1 rings (SSSR count). The molecule has 0 radical (unpaired) electrons. The summed E-state index contributed by atoms with van der Waals surface area (Å²) in [6.07, 6.45) is -0.215. The van der Waals surface area contributed by atoms with E-state index in [9.17, 15) is 4.79 Å². The summed E-state index contributed by atoms with van der Waals surface area (Å²) in [7, 11) is 1.72. The number of hydrogen-bond donors (Lipinski definition) is 2. The predicted molar refractivity (Wildman–Crippen MR) is 34.4 cm³/mol. The second kappa shape index (κ2) is 2.56. The summed E-state index contributed by atoms with van der Waals surface area (Å²) >= 11 is 0. The van der Waals surface area contributed by atoms with E-state index in [1.54, 1.807) is 11.9 Å². The Bertz CT molecular complexity index is 138. The van der Waals surface area contributed by atoms with Crippen LogP contribution in [0, 0.1) is 5.92 Å². The number of carboxylic acids is 1. The van der Waals surface area contributed by atoms with Gasteiger partial charge in [0, 0.05) is 13.0 Å². The first-order valence-electron chi connectivity index (χ1n) is 3.22. The third-order valence-corrected chi connectivity index (χ3v) is 1.86. The van der Waals surface area contributed by atoms with E-state index in [-0.39, 0.29) is 5.92 Å². The lowest BCUT2D eigenvalue weighted by atomic mass is 10.1. The summed E-state index contributed by atoms with van der Waals surface area (Å²) in [4.78, 5) is 12.0. The van der Waals surface area contributed by atoms with Crippen LogP contribution in [0.25, 0.3) is 0 Å². The highest BCUT2D eigenvalue weighted by Crippen LogP contribution is 2.19. The number of aliphatic hydroxyl groups excluding tert-OH is 1. The third kappa shape index (κ3) is 1.27. The van der Waals surface area contributed by atoms with Crippen molar-refractivity contribution in [2.24, 2.45) is 5.92 Å². The Hall–Kier alpha value is -0.610. The van der Waals surface area contributed by atoms with Crippen molar-refractivity contribution in [1.29, 1.82) is 0 Å². The van der Waals surface area contributed by atoms with Crippen molar-refractivity contribution >= 4 is 5.97 Å². The zero-order valence-electron chi connectivity index (χ0n) is 5.82. The van der Waals surface area contributed by atoms with E-state index < -0.39 is 12.2 Å². The number of hydrogen-bond acceptors (Lipinski definition) is 3. The smallest absolute Gasteiger partial charge is 0.307 e. The average molecular weight is 145 g/mol. The molecule has 0 amide bonds. The van der Waals surface area contributed by atoms with E-state index in [0.29, 0.717) is 13.0 Å². The van der Waals surface area contributed by atoms with E-state index >= 15 is 0 Å². The highest BCUT2D eigenvalue weighted by atomic mass is 16.4. The zero-order chi connectivity index (χ0) is 7.72. The molecule has 0 aromatic rings. The topological polar surface area (TPSA) is 60.8 Å². The molecule has 1 fully saturated rings. The van der Waals surface area contributed by atoms with Gasteiger partial charge in [-0.3, -0.25) is 9.69 Å². The fourth-order valence-electron chi connectivity index (χ4n) is 1.16. The third-order valence-electron chi connectivity index (χ3n) is 1.86. The number of aliphatic carboxylic acids is 1. The molecule has 2 N–H and O–H groups in total. The quantitative estimate of drug-likeness (QED) is 0.514. The van der Waals surface area contributed by atoms with Crippen molar-refractivity contribution in [3.63, 3.8) is 0 Å². The maximum Gasteiger partial charge on any atom is 0.307 e. The SMILES string of the molecule is CN1CC(C(=O)O)CC1O. The van der Waals surface area contributed by atoms with Crippen molar-refractivity contribution in [2.45, 2.75) is 12.6 Å². The number of nitrogens with zero attached hydrogens (tertiary/aromatic N) is 1. The minimum atomic E-state index is -0.816. The van der Waals surface area contributed by atoms with Crippen LogP contribution in [0.5, 0.6) is 0 Å². The van der Waals surface area contributed by atoms with Gasteiger partial charge in [0.15, 0.2) is 0 Å². The molecule has 0 bridgehead atoms. The van der Waals surface area contributed by atoms with Gasteiger partial charge in [0.05, 0.1) is 5.92 Å². The first kappa shape index (κ1) is 7.50. The molecule has 0 aliphatic carbocycles. The molecule has 0 aromatic carbocycles. The monoisotopic (exact) mass is 145 g/mol. The van der Waals surface area contributed by atoms with Gasteiger partial charge < -0.3 is 10.2 Å². The first-order valence-corrected chi connectivity index (χ1v) is 3.22. The van der Waals surface area contributed by atoms with Gasteiger partial charge in [-0.25, -0.2) is 0 Å². The van der Waals surface area contributed by atoms with Crippen LogP contribution in [0.3, 0.4) is 0 Å². The molecule has 4 nitrogen and oxygen atoms in total. The Morgan fingerprint density at radius 1 is 1.70 bits per heavy atom.